The van der Waals surface area contributed by atoms with E-state index in [0.29, 0.717) is 16.7 Å². The first-order valence-corrected chi connectivity index (χ1v) is 10.7. The third-order valence-corrected chi connectivity index (χ3v) is 5.72. The molecule has 0 fully saturated rings. The highest BCUT2D eigenvalue weighted by Crippen LogP contribution is 2.30. The summed E-state index contributed by atoms with van der Waals surface area (Å²) in [5, 5.41) is 22.4. The number of nitro groups is 1. The van der Waals surface area contributed by atoms with Gasteiger partial charge >= 0.3 is 0 Å². The van der Waals surface area contributed by atoms with E-state index in [1.807, 2.05) is 65.2 Å². The SMILES string of the molecule is CC(Sc1nnc(-c2ccccc2)n1-c1ccccc1)C(=O)Nc1ccc([N+](=O)[O-])cc1. The molecule has 0 spiro atoms. The van der Waals surface area contributed by atoms with Gasteiger partial charge in [-0.3, -0.25) is 19.5 Å². The summed E-state index contributed by atoms with van der Waals surface area (Å²) in [5.41, 5.74) is 2.26. The molecule has 1 amide bonds. The van der Waals surface area contributed by atoms with Crippen molar-refractivity contribution < 1.29 is 9.72 Å². The molecule has 0 saturated heterocycles. The Morgan fingerprint density at radius 1 is 0.969 bits per heavy atom. The van der Waals surface area contributed by atoms with E-state index in [2.05, 4.69) is 15.5 Å². The van der Waals surface area contributed by atoms with Gasteiger partial charge in [0.2, 0.25) is 5.91 Å². The fraction of sp³-hybridized carbons (Fsp3) is 0.0870. The van der Waals surface area contributed by atoms with Gasteiger partial charge in [-0.15, -0.1) is 10.2 Å². The van der Waals surface area contributed by atoms with Crippen LogP contribution < -0.4 is 5.32 Å². The van der Waals surface area contributed by atoms with Gasteiger partial charge in [-0.2, -0.15) is 0 Å². The molecule has 0 aliphatic heterocycles. The fourth-order valence-electron chi connectivity index (χ4n) is 3.05. The molecule has 3 aromatic carbocycles. The second-order valence-electron chi connectivity index (χ2n) is 6.90. The molecular weight excluding hydrogens is 426 g/mol. The molecule has 1 unspecified atom stereocenters. The molecule has 32 heavy (non-hydrogen) atoms. The normalized spacial score (nSPS) is 11.7. The Morgan fingerprint density at radius 2 is 1.59 bits per heavy atom. The van der Waals surface area contributed by atoms with Gasteiger partial charge in [0.15, 0.2) is 11.0 Å². The van der Waals surface area contributed by atoms with Crippen molar-refractivity contribution in [2.45, 2.75) is 17.3 Å². The quantitative estimate of drug-likeness (QED) is 0.245. The number of aromatic nitrogens is 3. The molecule has 0 bridgehead atoms. The maximum absolute atomic E-state index is 12.7. The molecule has 0 saturated carbocycles. The van der Waals surface area contributed by atoms with Crippen LogP contribution in [-0.2, 0) is 4.79 Å². The smallest absolute Gasteiger partial charge is 0.269 e. The van der Waals surface area contributed by atoms with Crippen LogP contribution in [0.4, 0.5) is 11.4 Å². The molecule has 4 rings (SSSR count). The van der Waals surface area contributed by atoms with E-state index in [0.717, 1.165) is 11.3 Å². The molecule has 1 aromatic heterocycles. The van der Waals surface area contributed by atoms with Gasteiger partial charge in [0.1, 0.15) is 0 Å². The van der Waals surface area contributed by atoms with E-state index in [1.165, 1.54) is 36.0 Å². The highest BCUT2D eigenvalue weighted by atomic mass is 32.2. The largest absolute Gasteiger partial charge is 0.325 e. The molecule has 160 valence electrons. The summed E-state index contributed by atoms with van der Waals surface area (Å²) in [6.07, 6.45) is 0. The predicted molar refractivity (Wildman–Crippen MR) is 124 cm³/mol. The van der Waals surface area contributed by atoms with Gasteiger partial charge in [-0.05, 0) is 31.2 Å². The minimum atomic E-state index is -0.486. The number of nitro benzene ring substituents is 1. The minimum Gasteiger partial charge on any atom is -0.325 e. The number of anilines is 1. The molecule has 0 aliphatic carbocycles. The first-order valence-electron chi connectivity index (χ1n) is 9.81. The van der Waals surface area contributed by atoms with E-state index in [-0.39, 0.29) is 11.6 Å². The number of benzene rings is 3. The number of rotatable bonds is 7. The number of para-hydroxylation sites is 1. The van der Waals surface area contributed by atoms with Crippen molar-refractivity contribution in [1.82, 2.24) is 14.8 Å². The van der Waals surface area contributed by atoms with Crippen molar-refractivity contribution in [1.29, 1.82) is 0 Å². The van der Waals surface area contributed by atoms with Crippen LogP contribution in [0.1, 0.15) is 6.92 Å². The number of thioether (sulfide) groups is 1. The summed E-state index contributed by atoms with van der Waals surface area (Å²) < 4.78 is 1.93. The lowest BCUT2D eigenvalue weighted by Gasteiger charge is -2.14. The summed E-state index contributed by atoms with van der Waals surface area (Å²) in [4.78, 5) is 23.1. The lowest BCUT2D eigenvalue weighted by atomic mass is 10.2. The lowest BCUT2D eigenvalue weighted by Crippen LogP contribution is -2.22. The number of nitrogens with one attached hydrogen (secondary N) is 1. The van der Waals surface area contributed by atoms with Gasteiger partial charge in [-0.25, -0.2) is 0 Å². The number of hydrogen-bond donors (Lipinski definition) is 1. The summed E-state index contributed by atoms with van der Waals surface area (Å²) in [6.45, 7) is 1.78. The van der Waals surface area contributed by atoms with E-state index in [9.17, 15) is 14.9 Å². The number of amides is 1. The Labute approximate surface area is 188 Å². The summed E-state index contributed by atoms with van der Waals surface area (Å²) >= 11 is 1.29. The zero-order chi connectivity index (χ0) is 22.5. The van der Waals surface area contributed by atoms with Gasteiger partial charge in [0.05, 0.1) is 10.2 Å². The molecule has 0 aliphatic rings. The number of non-ortho nitro benzene ring substituents is 1. The zero-order valence-electron chi connectivity index (χ0n) is 17.1. The third-order valence-electron chi connectivity index (χ3n) is 4.68. The Bertz CT molecular complexity index is 1230. The number of carbonyl (C=O) groups excluding carboxylic acids is 1. The van der Waals surface area contributed by atoms with Gasteiger partial charge in [-0.1, -0.05) is 60.3 Å². The van der Waals surface area contributed by atoms with E-state index in [4.69, 9.17) is 0 Å². The number of hydrogen-bond acceptors (Lipinski definition) is 6. The van der Waals surface area contributed by atoms with Crippen molar-refractivity contribution in [2.24, 2.45) is 0 Å². The molecule has 4 aromatic rings. The minimum absolute atomic E-state index is 0.0326. The van der Waals surface area contributed by atoms with Crippen molar-refractivity contribution >= 4 is 29.0 Å². The van der Waals surface area contributed by atoms with E-state index in [1.54, 1.807) is 6.92 Å². The Kier molecular flexibility index (Phi) is 6.27. The lowest BCUT2D eigenvalue weighted by molar-refractivity contribution is -0.384. The number of carbonyl (C=O) groups is 1. The summed E-state index contributed by atoms with van der Waals surface area (Å²) in [6, 6.07) is 25.2. The van der Waals surface area contributed by atoms with Crippen molar-refractivity contribution in [3.63, 3.8) is 0 Å². The van der Waals surface area contributed by atoms with Crippen LogP contribution in [0.25, 0.3) is 17.1 Å². The summed E-state index contributed by atoms with van der Waals surface area (Å²) in [5.74, 6) is 0.440. The fourth-order valence-corrected chi connectivity index (χ4v) is 3.92. The molecule has 1 N–H and O–H groups in total. The highest BCUT2D eigenvalue weighted by Gasteiger charge is 2.22. The molecule has 1 atom stereocenters. The van der Waals surface area contributed by atoms with Crippen molar-refractivity contribution in [3.05, 3.63) is 95.0 Å². The van der Waals surface area contributed by atoms with Gasteiger partial charge < -0.3 is 5.32 Å². The first kappa shape index (κ1) is 21.3. The molecule has 8 nitrogen and oxygen atoms in total. The van der Waals surface area contributed by atoms with E-state index >= 15 is 0 Å². The Morgan fingerprint density at radius 3 is 2.22 bits per heavy atom. The van der Waals surface area contributed by atoms with Crippen LogP contribution in [-0.4, -0.2) is 30.8 Å². The first-order chi connectivity index (χ1) is 15.5. The average molecular weight is 446 g/mol. The summed E-state index contributed by atoms with van der Waals surface area (Å²) in [7, 11) is 0. The van der Waals surface area contributed by atoms with Crippen molar-refractivity contribution in [2.75, 3.05) is 5.32 Å². The van der Waals surface area contributed by atoms with E-state index < -0.39 is 10.2 Å². The topological polar surface area (TPSA) is 103 Å². The van der Waals surface area contributed by atoms with Crippen LogP contribution in [0.2, 0.25) is 0 Å². The molecule has 1 heterocycles. The van der Waals surface area contributed by atoms with Crippen LogP contribution >= 0.6 is 11.8 Å². The standard InChI is InChI=1S/C23H19N5O3S/c1-16(22(29)24-18-12-14-20(15-13-18)28(30)31)32-23-26-25-21(17-8-4-2-5-9-17)27(23)19-10-6-3-7-11-19/h2-16H,1H3,(H,24,29). The third kappa shape index (κ3) is 4.68. The number of nitrogens with zero attached hydrogens (tertiary/aromatic N) is 4. The predicted octanol–water partition coefficient (Wildman–Crippen LogP) is 4.96. The maximum Gasteiger partial charge on any atom is 0.269 e. The highest BCUT2D eigenvalue weighted by molar-refractivity contribution is 8.00. The van der Waals surface area contributed by atoms with Crippen LogP contribution in [0.5, 0.6) is 0 Å². The maximum atomic E-state index is 12.7. The monoisotopic (exact) mass is 445 g/mol. The molecule has 0 radical (unpaired) electrons. The zero-order valence-corrected chi connectivity index (χ0v) is 17.9. The second kappa shape index (κ2) is 9.44. The molecular formula is C23H19N5O3S. The Hall–Kier alpha value is -3.98. The van der Waals surface area contributed by atoms with Crippen LogP contribution in [0.15, 0.2) is 90.1 Å². The van der Waals surface area contributed by atoms with Crippen molar-refractivity contribution in [3.8, 4) is 17.1 Å². The van der Waals surface area contributed by atoms with Gasteiger partial charge in [0, 0.05) is 29.1 Å². The average Bonchev–Trinajstić information content (AvgIpc) is 3.24. The van der Waals surface area contributed by atoms with Crippen LogP contribution in [0.3, 0.4) is 0 Å². The Balaban J connectivity index is 1.57. The second-order valence-corrected chi connectivity index (χ2v) is 8.20. The molecule has 9 heteroatoms. The van der Waals surface area contributed by atoms with Gasteiger partial charge in [0.25, 0.3) is 5.69 Å². The van der Waals surface area contributed by atoms with Crippen LogP contribution in [0, 0.1) is 10.1 Å².